The Balaban J connectivity index is 3.13. The largest absolute Gasteiger partial charge is 0.228 e. The number of hydrogen-bond acceptors (Lipinski definition) is 1. The van der Waals surface area contributed by atoms with E-state index in [1.165, 1.54) is 4.90 Å². The van der Waals surface area contributed by atoms with E-state index in [4.69, 9.17) is 12.8 Å². The van der Waals surface area contributed by atoms with Gasteiger partial charge in [0.2, 0.25) is 0 Å². The SMILES string of the molecule is C#CN(C#C)c1ccccc1C. The Kier molecular flexibility index (Phi) is 2.41. The number of aryl methyl sites for hydroxylation is 1. The van der Waals surface area contributed by atoms with Crippen LogP contribution >= 0.6 is 0 Å². The van der Waals surface area contributed by atoms with Crippen molar-refractivity contribution < 1.29 is 0 Å². The summed E-state index contributed by atoms with van der Waals surface area (Å²) in [4.78, 5) is 1.43. The van der Waals surface area contributed by atoms with Crippen LogP contribution in [0.2, 0.25) is 0 Å². The molecule has 12 heavy (non-hydrogen) atoms. The Bertz CT molecular complexity index is 338. The molecule has 0 aliphatic carbocycles. The molecule has 0 amide bonds. The molecule has 0 aromatic heterocycles. The number of rotatable bonds is 1. The normalized spacial score (nSPS) is 8.25. The van der Waals surface area contributed by atoms with E-state index in [9.17, 15) is 0 Å². The van der Waals surface area contributed by atoms with E-state index in [2.05, 4.69) is 12.1 Å². The molecule has 1 aromatic carbocycles. The lowest BCUT2D eigenvalue weighted by Gasteiger charge is -2.11. The fourth-order valence-electron chi connectivity index (χ4n) is 0.991. The van der Waals surface area contributed by atoms with Crippen molar-refractivity contribution in [1.29, 1.82) is 0 Å². The van der Waals surface area contributed by atoms with Crippen LogP contribution in [-0.2, 0) is 0 Å². The van der Waals surface area contributed by atoms with Gasteiger partial charge in [-0.25, -0.2) is 4.90 Å². The van der Waals surface area contributed by atoms with Gasteiger partial charge in [-0.3, -0.25) is 0 Å². The van der Waals surface area contributed by atoms with Crippen molar-refractivity contribution in [3.05, 3.63) is 29.8 Å². The molecule has 58 valence electrons. The molecule has 1 rings (SSSR count). The second-order valence-corrected chi connectivity index (χ2v) is 2.38. The summed E-state index contributed by atoms with van der Waals surface area (Å²) in [5.41, 5.74) is 1.97. The Morgan fingerprint density at radius 2 is 1.75 bits per heavy atom. The second kappa shape index (κ2) is 3.51. The summed E-state index contributed by atoms with van der Waals surface area (Å²) >= 11 is 0. The molecule has 0 fully saturated rings. The van der Waals surface area contributed by atoms with Crippen molar-refractivity contribution in [2.24, 2.45) is 0 Å². The third-order valence-corrected chi connectivity index (χ3v) is 1.61. The van der Waals surface area contributed by atoms with Gasteiger partial charge in [0, 0.05) is 12.1 Å². The Labute approximate surface area is 73.0 Å². The number of anilines is 1. The standard InChI is InChI=1S/C11H9N/c1-4-12(5-2)11-9-7-6-8-10(11)3/h1-2,6-9H,3H3. The number of benzene rings is 1. The van der Waals surface area contributed by atoms with Gasteiger partial charge in [-0.1, -0.05) is 31.0 Å². The van der Waals surface area contributed by atoms with Crippen LogP contribution in [0.15, 0.2) is 24.3 Å². The summed E-state index contributed by atoms with van der Waals surface area (Å²) in [7, 11) is 0. The summed E-state index contributed by atoms with van der Waals surface area (Å²) in [5.74, 6) is 0. The molecule has 0 aliphatic rings. The van der Waals surface area contributed by atoms with Gasteiger partial charge in [0.1, 0.15) is 0 Å². The lowest BCUT2D eigenvalue weighted by Crippen LogP contribution is -2.08. The molecule has 0 unspecified atom stereocenters. The average molecular weight is 155 g/mol. The predicted molar refractivity (Wildman–Crippen MR) is 51.3 cm³/mol. The van der Waals surface area contributed by atoms with Gasteiger partial charge in [-0.15, -0.1) is 0 Å². The minimum atomic E-state index is 0.891. The molecule has 1 aromatic rings. The van der Waals surface area contributed by atoms with Crippen molar-refractivity contribution in [3.63, 3.8) is 0 Å². The first kappa shape index (κ1) is 8.24. The van der Waals surface area contributed by atoms with Crippen LogP contribution in [0.5, 0.6) is 0 Å². The van der Waals surface area contributed by atoms with E-state index in [1.54, 1.807) is 0 Å². The van der Waals surface area contributed by atoms with E-state index in [1.807, 2.05) is 31.2 Å². The van der Waals surface area contributed by atoms with Gasteiger partial charge in [-0.2, -0.15) is 0 Å². The molecule has 0 bridgehead atoms. The highest BCUT2D eigenvalue weighted by Crippen LogP contribution is 2.17. The topological polar surface area (TPSA) is 3.24 Å². The van der Waals surface area contributed by atoms with E-state index in [0.29, 0.717) is 0 Å². The second-order valence-electron chi connectivity index (χ2n) is 2.38. The summed E-state index contributed by atoms with van der Waals surface area (Å²) in [6, 6.07) is 12.5. The fraction of sp³-hybridized carbons (Fsp3) is 0.0909. The van der Waals surface area contributed by atoms with Crippen LogP contribution in [0.3, 0.4) is 0 Å². The van der Waals surface area contributed by atoms with Gasteiger partial charge in [0.15, 0.2) is 0 Å². The molecular weight excluding hydrogens is 146 g/mol. The van der Waals surface area contributed by atoms with Crippen molar-refractivity contribution >= 4 is 5.69 Å². The summed E-state index contributed by atoms with van der Waals surface area (Å²) in [6.07, 6.45) is 10.4. The summed E-state index contributed by atoms with van der Waals surface area (Å²) < 4.78 is 0. The molecule has 0 aliphatic heterocycles. The van der Waals surface area contributed by atoms with Gasteiger partial charge in [0.05, 0.1) is 5.69 Å². The minimum Gasteiger partial charge on any atom is -0.228 e. The maximum atomic E-state index is 5.22. The quantitative estimate of drug-likeness (QED) is 0.443. The third-order valence-electron chi connectivity index (χ3n) is 1.61. The van der Waals surface area contributed by atoms with Crippen LogP contribution in [-0.4, -0.2) is 0 Å². The lowest BCUT2D eigenvalue weighted by molar-refractivity contribution is 1.33. The molecule has 1 nitrogen and oxygen atoms in total. The van der Waals surface area contributed by atoms with Gasteiger partial charge in [-0.05, 0) is 18.6 Å². The molecule has 0 radical (unpaired) electrons. The minimum absolute atomic E-state index is 0.891. The molecule has 0 spiro atoms. The highest BCUT2D eigenvalue weighted by Gasteiger charge is 2.01. The first-order valence-corrected chi connectivity index (χ1v) is 3.58. The summed E-state index contributed by atoms with van der Waals surface area (Å²) in [5, 5.41) is 0. The third kappa shape index (κ3) is 1.41. The maximum Gasteiger partial charge on any atom is 0.0665 e. The zero-order valence-corrected chi connectivity index (χ0v) is 6.91. The molecule has 0 N–H and O–H groups in total. The first-order chi connectivity index (χ1) is 5.79. The smallest absolute Gasteiger partial charge is 0.0665 e. The van der Waals surface area contributed by atoms with Crippen LogP contribution in [0.25, 0.3) is 0 Å². The Morgan fingerprint density at radius 1 is 1.17 bits per heavy atom. The number of hydrogen-bond donors (Lipinski definition) is 0. The van der Waals surface area contributed by atoms with Crippen LogP contribution in [0.1, 0.15) is 5.56 Å². The number of terminal acetylenes is 2. The fourth-order valence-corrected chi connectivity index (χ4v) is 0.991. The molecule has 0 saturated carbocycles. The van der Waals surface area contributed by atoms with Crippen molar-refractivity contribution in [1.82, 2.24) is 0 Å². The van der Waals surface area contributed by atoms with E-state index < -0.39 is 0 Å². The zero-order valence-electron chi connectivity index (χ0n) is 6.91. The summed E-state index contributed by atoms with van der Waals surface area (Å²) in [6.45, 7) is 1.97. The monoisotopic (exact) mass is 155 g/mol. The Morgan fingerprint density at radius 3 is 2.25 bits per heavy atom. The predicted octanol–water partition coefficient (Wildman–Crippen LogP) is 1.98. The molecule has 0 atom stereocenters. The van der Waals surface area contributed by atoms with E-state index in [0.717, 1.165) is 11.3 Å². The maximum absolute atomic E-state index is 5.22. The lowest BCUT2D eigenvalue weighted by atomic mass is 10.2. The number of nitrogens with zero attached hydrogens (tertiary/aromatic N) is 1. The van der Waals surface area contributed by atoms with Gasteiger partial charge < -0.3 is 0 Å². The van der Waals surface area contributed by atoms with Gasteiger partial charge in [0.25, 0.3) is 0 Å². The average Bonchev–Trinajstić information content (AvgIpc) is 2.10. The van der Waals surface area contributed by atoms with E-state index >= 15 is 0 Å². The van der Waals surface area contributed by atoms with Crippen LogP contribution < -0.4 is 4.90 Å². The molecule has 1 heteroatoms. The zero-order chi connectivity index (χ0) is 8.97. The van der Waals surface area contributed by atoms with Crippen molar-refractivity contribution in [2.75, 3.05) is 4.90 Å². The van der Waals surface area contributed by atoms with Crippen molar-refractivity contribution in [2.45, 2.75) is 6.92 Å². The highest BCUT2D eigenvalue weighted by atomic mass is 15.1. The van der Waals surface area contributed by atoms with E-state index in [-0.39, 0.29) is 0 Å². The molecule has 0 heterocycles. The molecule has 0 saturated heterocycles. The molecular formula is C11H9N. The van der Waals surface area contributed by atoms with Crippen LogP contribution in [0, 0.1) is 31.9 Å². The highest BCUT2D eigenvalue weighted by molar-refractivity contribution is 5.60. The van der Waals surface area contributed by atoms with Crippen molar-refractivity contribution in [3.8, 4) is 24.9 Å². The number of para-hydroxylation sites is 1. The van der Waals surface area contributed by atoms with Gasteiger partial charge >= 0.3 is 0 Å². The first-order valence-electron chi connectivity index (χ1n) is 3.58. The van der Waals surface area contributed by atoms with Crippen LogP contribution in [0.4, 0.5) is 5.69 Å². The Hall–Kier alpha value is -1.86.